The normalized spacial score (nSPS) is 27.8. The molecule has 2 aliphatic rings. The average molecular weight is 307 g/mol. The molecule has 0 aromatic rings. The molecule has 0 bridgehead atoms. The molecule has 21 heavy (non-hydrogen) atoms. The number of alkyl halides is 3. The van der Waals surface area contributed by atoms with Crippen LogP contribution in [0, 0.1) is 16.0 Å². The van der Waals surface area contributed by atoms with Crippen molar-refractivity contribution < 1.29 is 23.2 Å². The Morgan fingerprint density at radius 2 is 1.76 bits per heavy atom. The lowest BCUT2D eigenvalue weighted by atomic mass is 9.70. The van der Waals surface area contributed by atoms with Crippen LogP contribution in [0.2, 0.25) is 0 Å². The van der Waals surface area contributed by atoms with Crippen LogP contribution in [-0.4, -0.2) is 27.8 Å². The number of nitrogens with zero attached hydrogens (tertiary/aromatic N) is 1. The fourth-order valence-electron chi connectivity index (χ4n) is 3.58. The van der Waals surface area contributed by atoms with Crippen molar-refractivity contribution in [2.45, 2.75) is 69.2 Å². The molecular formula is C14H20F3NO3. The van der Waals surface area contributed by atoms with Crippen molar-refractivity contribution in [2.75, 3.05) is 0 Å². The van der Waals surface area contributed by atoms with Gasteiger partial charge in [0, 0.05) is 17.3 Å². The van der Waals surface area contributed by atoms with E-state index in [0.717, 1.165) is 12.5 Å². The van der Waals surface area contributed by atoms with Gasteiger partial charge in [-0.25, -0.2) is 0 Å². The second-order valence-electron chi connectivity index (χ2n) is 6.04. The summed E-state index contributed by atoms with van der Waals surface area (Å²) in [4.78, 5) is 10.3. The highest BCUT2D eigenvalue weighted by molar-refractivity contribution is 5.25. The fraction of sp³-hybridized carbons (Fsp3) is 0.857. The second-order valence-corrected chi connectivity index (χ2v) is 6.04. The lowest BCUT2D eigenvalue weighted by molar-refractivity contribution is -0.511. The highest BCUT2D eigenvalue weighted by Gasteiger charge is 2.60. The maximum Gasteiger partial charge on any atom is 0.421 e. The van der Waals surface area contributed by atoms with E-state index in [2.05, 4.69) is 0 Å². The van der Waals surface area contributed by atoms with Gasteiger partial charge < -0.3 is 5.11 Å². The molecule has 0 heterocycles. The third-order valence-electron chi connectivity index (χ3n) is 4.73. The van der Waals surface area contributed by atoms with E-state index < -0.39 is 28.7 Å². The summed E-state index contributed by atoms with van der Waals surface area (Å²) in [7, 11) is 0. The molecule has 1 saturated carbocycles. The minimum absolute atomic E-state index is 0.0802. The molecule has 0 aromatic heterocycles. The largest absolute Gasteiger partial charge is 0.421 e. The molecule has 0 spiro atoms. The molecule has 2 rings (SSSR count). The van der Waals surface area contributed by atoms with Crippen LogP contribution in [0.3, 0.4) is 0 Å². The molecule has 7 heteroatoms. The Kier molecular flexibility index (Phi) is 4.60. The third-order valence-corrected chi connectivity index (χ3v) is 4.73. The van der Waals surface area contributed by atoms with E-state index in [9.17, 15) is 28.4 Å². The predicted molar refractivity (Wildman–Crippen MR) is 70.3 cm³/mol. The first kappa shape index (κ1) is 16.3. The lowest BCUT2D eigenvalue weighted by Crippen LogP contribution is -2.54. The van der Waals surface area contributed by atoms with Crippen LogP contribution in [0.25, 0.3) is 0 Å². The van der Waals surface area contributed by atoms with Gasteiger partial charge in [-0.3, -0.25) is 10.1 Å². The minimum Gasteiger partial charge on any atom is -0.376 e. The van der Waals surface area contributed by atoms with Crippen LogP contribution in [0.1, 0.15) is 51.4 Å². The van der Waals surface area contributed by atoms with Crippen LogP contribution < -0.4 is 0 Å². The quantitative estimate of drug-likeness (QED) is 0.492. The summed E-state index contributed by atoms with van der Waals surface area (Å²) in [5.41, 5.74) is -3.10. The highest BCUT2D eigenvalue weighted by Crippen LogP contribution is 2.49. The molecule has 1 fully saturated rings. The number of hydrogen-bond donors (Lipinski definition) is 1. The third kappa shape index (κ3) is 3.07. The predicted octanol–water partition coefficient (Wildman–Crippen LogP) is 3.62. The monoisotopic (exact) mass is 307 g/mol. The van der Waals surface area contributed by atoms with Crippen molar-refractivity contribution in [1.82, 2.24) is 0 Å². The summed E-state index contributed by atoms with van der Waals surface area (Å²) < 4.78 is 40.6. The average Bonchev–Trinajstić information content (AvgIpc) is 2.46. The molecule has 0 amide bonds. The van der Waals surface area contributed by atoms with Gasteiger partial charge in [0.2, 0.25) is 6.04 Å². The van der Waals surface area contributed by atoms with Crippen molar-refractivity contribution in [3.8, 4) is 0 Å². The molecule has 2 atom stereocenters. The number of halogens is 3. The topological polar surface area (TPSA) is 63.4 Å². The Labute approximate surface area is 121 Å². The van der Waals surface area contributed by atoms with Crippen LogP contribution >= 0.6 is 0 Å². The van der Waals surface area contributed by atoms with E-state index in [-0.39, 0.29) is 18.4 Å². The molecular weight excluding hydrogens is 287 g/mol. The molecule has 0 saturated heterocycles. The maximum atomic E-state index is 13.5. The second kappa shape index (κ2) is 5.94. The Hall–Kier alpha value is -1.11. The SMILES string of the molecule is O=[N+]([O-])C1C=C(C(O)(C2CCCCC2)C(F)(F)F)CCC1. The minimum atomic E-state index is -4.79. The Morgan fingerprint density at radius 3 is 2.29 bits per heavy atom. The summed E-state index contributed by atoms with van der Waals surface area (Å²) in [6, 6.07) is -1.12. The molecule has 120 valence electrons. The van der Waals surface area contributed by atoms with Gasteiger partial charge >= 0.3 is 6.18 Å². The van der Waals surface area contributed by atoms with Gasteiger partial charge in [-0.15, -0.1) is 0 Å². The number of rotatable bonds is 3. The molecule has 0 aromatic carbocycles. The fourth-order valence-corrected chi connectivity index (χ4v) is 3.58. The molecule has 4 nitrogen and oxygen atoms in total. The van der Waals surface area contributed by atoms with Gasteiger partial charge in [0.1, 0.15) is 0 Å². The van der Waals surface area contributed by atoms with Gasteiger partial charge in [-0.1, -0.05) is 19.3 Å². The van der Waals surface area contributed by atoms with Crippen molar-refractivity contribution in [3.63, 3.8) is 0 Å². The number of nitro groups is 1. The van der Waals surface area contributed by atoms with Gasteiger partial charge in [0.15, 0.2) is 5.60 Å². The maximum absolute atomic E-state index is 13.5. The van der Waals surface area contributed by atoms with Crippen molar-refractivity contribution in [1.29, 1.82) is 0 Å². The molecule has 2 unspecified atom stereocenters. The molecule has 1 N–H and O–H groups in total. The number of hydrogen-bond acceptors (Lipinski definition) is 3. The zero-order valence-electron chi connectivity index (χ0n) is 11.7. The van der Waals surface area contributed by atoms with Gasteiger partial charge in [0.25, 0.3) is 0 Å². The Bertz CT molecular complexity index is 430. The van der Waals surface area contributed by atoms with Crippen LogP contribution in [0.4, 0.5) is 13.2 Å². The molecule has 2 aliphatic carbocycles. The zero-order valence-corrected chi connectivity index (χ0v) is 11.7. The molecule has 0 aliphatic heterocycles. The zero-order chi connectivity index (χ0) is 15.7. The van der Waals surface area contributed by atoms with E-state index in [4.69, 9.17) is 0 Å². The Balaban J connectivity index is 2.37. The summed E-state index contributed by atoms with van der Waals surface area (Å²) in [6.07, 6.45) is -0.294. The van der Waals surface area contributed by atoms with E-state index in [1.807, 2.05) is 0 Å². The molecule has 0 radical (unpaired) electrons. The van der Waals surface area contributed by atoms with E-state index in [1.165, 1.54) is 0 Å². The summed E-state index contributed by atoms with van der Waals surface area (Å²) in [5, 5.41) is 21.3. The van der Waals surface area contributed by atoms with Gasteiger partial charge in [-0.2, -0.15) is 13.2 Å². The van der Waals surface area contributed by atoms with Gasteiger partial charge in [-0.05, 0) is 37.3 Å². The van der Waals surface area contributed by atoms with Crippen LogP contribution in [0.5, 0.6) is 0 Å². The highest BCUT2D eigenvalue weighted by atomic mass is 19.4. The number of aliphatic hydroxyl groups is 1. The summed E-state index contributed by atoms with van der Waals surface area (Å²) >= 11 is 0. The first-order valence-electron chi connectivity index (χ1n) is 7.40. The smallest absolute Gasteiger partial charge is 0.376 e. The first-order chi connectivity index (χ1) is 9.76. The first-order valence-corrected chi connectivity index (χ1v) is 7.40. The van der Waals surface area contributed by atoms with Crippen molar-refractivity contribution in [2.24, 2.45) is 5.92 Å². The van der Waals surface area contributed by atoms with E-state index in [1.54, 1.807) is 0 Å². The Morgan fingerprint density at radius 1 is 1.14 bits per heavy atom. The lowest BCUT2D eigenvalue weighted by Gasteiger charge is -2.42. The summed E-state index contributed by atoms with van der Waals surface area (Å²) in [6.45, 7) is 0. The van der Waals surface area contributed by atoms with Crippen LogP contribution in [-0.2, 0) is 0 Å². The standard InChI is InChI=1S/C14H20F3NO3/c15-14(16,17)13(19,10-5-2-1-3-6-10)11-7-4-8-12(9-11)18(20)21/h9-10,12,19H,1-8H2. The summed E-state index contributed by atoms with van der Waals surface area (Å²) in [5.74, 6) is -0.886. The van der Waals surface area contributed by atoms with Gasteiger partial charge in [0.05, 0.1) is 0 Å². The van der Waals surface area contributed by atoms with Crippen LogP contribution in [0.15, 0.2) is 11.6 Å². The van der Waals surface area contributed by atoms with E-state index >= 15 is 0 Å². The van der Waals surface area contributed by atoms with Crippen molar-refractivity contribution in [3.05, 3.63) is 21.8 Å². The van der Waals surface area contributed by atoms with Crippen molar-refractivity contribution >= 4 is 0 Å². The van der Waals surface area contributed by atoms with E-state index in [0.29, 0.717) is 32.1 Å².